The molecule has 0 radical (unpaired) electrons. The predicted molar refractivity (Wildman–Crippen MR) is 77.7 cm³/mol. The smallest absolute Gasteiger partial charge is 0.131 e. The lowest BCUT2D eigenvalue weighted by Crippen LogP contribution is -2.24. The molecule has 2 rings (SSSR count). The molecule has 0 spiro atoms. The second-order valence-electron chi connectivity index (χ2n) is 4.92. The van der Waals surface area contributed by atoms with Gasteiger partial charge in [0, 0.05) is 5.56 Å². The van der Waals surface area contributed by atoms with E-state index in [1.54, 1.807) is 25.1 Å². The molecule has 0 aliphatic carbocycles. The quantitative estimate of drug-likeness (QED) is 0.854. The van der Waals surface area contributed by atoms with Crippen molar-refractivity contribution in [2.45, 2.75) is 26.3 Å². The van der Waals surface area contributed by atoms with Gasteiger partial charge in [-0.1, -0.05) is 37.3 Å². The third-order valence-electron chi connectivity index (χ3n) is 3.31. The van der Waals surface area contributed by atoms with Gasteiger partial charge in [0.1, 0.15) is 11.6 Å². The Balaban J connectivity index is 2.44. The summed E-state index contributed by atoms with van der Waals surface area (Å²) in [6, 6.07) is 11.3. The molecule has 0 heterocycles. The highest BCUT2D eigenvalue weighted by molar-refractivity contribution is 5.35. The third kappa shape index (κ3) is 3.23. The van der Waals surface area contributed by atoms with Crippen LogP contribution in [0.2, 0.25) is 0 Å². The van der Waals surface area contributed by atoms with Crippen molar-refractivity contribution < 1.29 is 8.78 Å². The maximum Gasteiger partial charge on any atom is 0.131 e. The first-order valence-corrected chi connectivity index (χ1v) is 6.87. The maximum atomic E-state index is 14.3. The summed E-state index contributed by atoms with van der Waals surface area (Å²) in [6.07, 6.45) is 0.930. The number of rotatable bonds is 5. The monoisotopic (exact) mass is 275 g/mol. The van der Waals surface area contributed by atoms with E-state index in [-0.39, 0.29) is 17.7 Å². The van der Waals surface area contributed by atoms with E-state index in [1.807, 2.05) is 19.1 Å². The van der Waals surface area contributed by atoms with E-state index in [2.05, 4.69) is 5.32 Å². The number of benzene rings is 2. The molecular weight excluding hydrogens is 256 g/mol. The fourth-order valence-electron chi connectivity index (χ4n) is 2.28. The van der Waals surface area contributed by atoms with Gasteiger partial charge in [-0.3, -0.25) is 0 Å². The zero-order chi connectivity index (χ0) is 14.5. The molecule has 1 N–H and O–H groups in total. The van der Waals surface area contributed by atoms with Gasteiger partial charge in [-0.15, -0.1) is 0 Å². The largest absolute Gasteiger partial charge is 0.306 e. The van der Waals surface area contributed by atoms with Crippen LogP contribution in [-0.4, -0.2) is 6.54 Å². The van der Waals surface area contributed by atoms with Crippen molar-refractivity contribution >= 4 is 0 Å². The summed E-state index contributed by atoms with van der Waals surface area (Å²) >= 11 is 0. The SMILES string of the molecule is CCCNC(c1cccc(F)c1)c1cccc(C)c1F. The summed E-state index contributed by atoms with van der Waals surface area (Å²) in [6.45, 7) is 4.53. The third-order valence-corrected chi connectivity index (χ3v) is 3.31. The fourth-order valence-corrected chi connectivity index (χ4v) is 2.28. The molecule has 0 saturated carbocycles. The molecule has 2 aromatic rings. The molecule has 2 aromatic carbocycles. The summed E-state index contributed by atoms with van der Waals surface area (Å²) in [7, 11) is 0. The van der Waals surface area contributed by atoms with Crippen LogP contribution in [0.25, 0.3) is 0 Å². The summed E-state index contributed by atoms with van der Waals surface area (Å²) in [5, 5.41) is 3.29. The Hall–Kier alpha value is -1.74. The molecule has 1 nitrogen and oxygen atoms in total. The second kappa shape index (κ2) is 6.62. The van der Waals surface area contributed by atoms with Gasteiger partial charge in [0.2, 0.25) is 0 Å². The lowest BCUT2D eigenvalue weighted by Gasteiger charge is -2.21. The predicted octanol–water partition coefficient (Wildman–Crippen LogP) is 4.36. The molecule has 20 heavy (non-hydrogen) atoms. The first-order valence-electron chi connectivity index (χ1n) is 6.87. The van der Waals surface area contributed by atoms with Crippen LogP contribution in [0.1, 0.15) is 36.1 Å². The van der Waals surface area contributed by atoms with Gasteiger partial charge >= 0.3 is 0 Å². The van der Waals surface area contributed by atoms with Crippen LogP contribution < -0.4 is 5.32 Å². The Morgan fingerprint density at radius 2 is 1.85 bits per heavy atom. The van der Waals surface area contributed by atoms with E-state index in [1.165, 1.54) is 12.1 Å². The minimum atomic E-state index is -0.328. The molecule has 0 amide bonds. The highest BCUT2D eigenvalue weighted by Crippen LogP contribution is 2.26. The normalized spacial score (nSPS) is 12.4. The summed E-state index contributed by atoms with van der Waals surface area (Å²) in [4.78, 5) is 0. The van der Waals surface area contributed by atoms with Gasteiger partial charge in [0.15, 0.2) is 0 Å². The molecule has 0 fully saturated rings. The van der Waals surface area contributed by atoms with Gasteiger partial charge in [-0.2, -0.15) is 0 Å². The van der Waals surface area contributed by atoms with Crippen LogP contribution >= 0.6 is 0 Å². The fraction of sp³-hybridized carbons (Fsp3) is 0.294. The van der Waals surface area contributed by atoms with Crippen molar-refractivity contribution in [3.8, 4) is 0 Å². The van der Waals surface area contributed by atoms with Crippen molar-refractivity contribution in [1.29, 1.82) is 0 Å². The Morgan fingerprint density at radius 3 is 2.55 bits per heavy atom. The molecular formula is C17H19F2N. The molecule has 1 atom stereocenters. The molecule has 0 saturated heterocycles. The van der Waals surface area contributed by atoms with E-state index in [9.17, 15) is 8.78 Å². The number of nitrogens with one attached hydrogen (secondary N) is 1. The van der Waals surface area contributed by atoms with Gasteiger partial charge in [0.05, 0.1) is 6.04 Å². The van der Waals surface area contributed by atoms with Crippen molar-refractivity contribution in [2.75, 3.05) is 6.54 Å². The van der Waals surface area contributed by atoms with Gasteiger partial charge < -0.3 is 5.32 Å². The van der Waals surface area contributed by atoms with Crippen LogP contribution in [0.15, 0.2) is 42.5 Å². The Morgan fingerprint density at radius 1 is 1.10 bits per heavy atom. The van der Waals surface area contributed by atoms with E-state index < -0.39 is 0 Å². The number of hydrogen-bond donors (Lipinski definition) is 1. The van der Waals surface area contributed by atoms with Crippen molar-refractivity contribution in [3.63, 3.8) is 0 Å². The first kappa shape index (κ1) is 14.7. The summed E-state index contributed by atoms with van der Waals surface area (Å²) in [5.41, 5.74) is 1.90. The van der Waals surface area contributed by atoms with Crippen molar-refractivity contribution in [1.82, 2.24) is 5.32 Å². The number of aryl methyl sites for hydroxylation is 1. The van der Waals surface area contributed by atoms with E-state index in [0.717, 1.165) is 18.5 Å². The number of hydrogen-bond acceptors (Lipinski definition) is 1. The molecule has 0 aliphatic rings. The van der Waals surface area contributed by atoms with E-state index in [0.29, 0.717) is 11.1 Å². The summed E-state index contributed by atoms with van der Waals surface area (Å²) < 4.78 is 27.8. The second-order valence-corrected chi connectivity index (χ2v) is 4.92. The zero-order valence-electron chi connectivity index (χ0n) is 11.8. The van der Waals surface area contributed by atoms with Crippen LogP contribution in [0, 0.1) is 18.6 Å². The molecule has 0 bridgehead atoms. The molecule has 0 aromatic heterocycles. The van der Waals surface area contributed by atoms with E-state index >= 15 is 0 Å². The Bertz CT molecular complexity index is 581. The molecule has 106 valence electrons. The van der Waals surface area contributed by atoms with Gasteiger partial charge in [0.25, 0.3) is 0 Å². The lowest BCUT2D eigenvalue weighted by atomic mass is 9.96. The Kier molecular flexibility index (Phi) is 4.85. The Labute approximate surface area is 118 Å². The average molecular weight is 275 g/mol. The van der Waals surface area contributed by atoms with Gasteiger partial charge in [-0.05, 0) is 43.1 Å². The standard InChI is InChI=1S/C17H19F2N/c1-3-10-20-17(13-7-5-8-14(18)11-13)15-9-4-6-12(2)16(15)19/h4-9,11,17,20H,3,10H2,1-2H3. The summed E-state index contributed by atoms with van der Waals surface area (Å²) in [5.74, 6) is -0.538. The average Bonchev–Trinajstić information content (AvgIpc) is 2.44. The minimum Gasteiger partial charge on any atom is -0.306 e. The van der Waals surface area contributed by atoms with E-state index in [4.69, 9.17) is 0 Å². The number of halogens is 2. The highest BCUT2D eigenvalue weighted by Gasteiger charge is 2.18. The van der Waals surface area contributed by atoms with Gasteiger partial charge in [-0.25, -0.2) is 8.78 Å². The maximum absolute atomic E-state index is 14.3. The van der Waals surface area contributed by atoms with Crippen LogP contribution in [0.5, 0.6) is 0 Å². The highest BCUT2D eigenvalue weighted by atomic mass is 19.1. The topological polar surface area (TPSA) is 12.0 Å². The van der Waals surface area contributed by atoms with Crippen molar-refractivity contribution in [2.24, 2.45) is 0 Å². The minimum absolute atomic E-state index is 0.231. The van der Waals surface area contributed by atoms with Crippen molar-refractivity contribution in [3.05, 3.63) is 70.8 Å². The lowest BCUT2D eigenvalue weighted by molar-refractivity contribution is 0.539. The molecule has 3 heteroatoms. The first-order chi connectivity index (χ1) is 9.63. The molecule has 1 unspecified atom stereocenters. The molecule has 0 aliphatic heterocycles. The zero-order valence-corrected chi connectivity index (χ0v) is 11.8. The van der Waals surface area contributed by atoms with Crippen LogP contribution in [0.4, 0.5) is 8.78 Å². The van der Waals surface area contributed by atoms with Crippen LogP contribution in [-0.2, 0) is 0 Å². The van der Waals surface area contributed by atoms with Crippen LogP contribution in [0.3, 0.4) is 0 Å².